The summed E-state index contributed by atoms with van der Waals surface area (Å²) in [5.74, 6) is 0.822. The predicted octanol–water partition coefficient (Wildman–Crippen LogP) is 2.77. The fraction of sp³-hybridized carbons (Fsp3) is 0.667. The predicted molar refractivity (Wildman–Crippen MR) is 70.6 cm³/mol. The van der Waals surface area contributed by atoms with E-state index in [1.165, 1.54) is 0 Å². The quantitative estimate of drug-likeness (QED) is 0.753. The third-order valence-electron chi connectivity index (χ3n) is 2.81. The summed E-state index contributed by atoms with van der Waals surface area (Å²) in [6.45, 7) is 5.82. The van der Waals surface area contributed by atoms with Crippen molar-refractivity contribution in [2.24, 2.45) is 0 Å². The van der Waals surface area contributed by atoms with Crippen LogP contribution in [0.25, 0.3) is 0 Å². The van der Waals surface area contributed by atoms with Gasteiger partial charge < -0.3 is 9.64 Å². The van der Waals surface area contributed by atoms with Gasteiger partial charge in [0.2, 0.25) is 0 Å². The molecular weight excluding hydrogens is 238 g/mol. The molecule has 0 saturated heterocycles. The van der Waals surface area contributed by atoms with E-state index in [0.29, 0.717) is 17.8 Å². The number of anilines is 1. The molecule has 0 atom stereocenters. The molecule has 0 spiro atoms. The Kier molecular flexibility index (Phi) is 6.22. The number of halogens is 1. The molecule has 1 heterocycles. The second kappa shape index (κ2) is 7.45. The Hall–Kier alpha value is -0.870. The molecule has 0 aliphatic rings. The number of hydrogen-bond donors (Lipinski definition) is 0. The van der Waals surface area contributed by atoms with Crippen LogP contribution < -0.4 is 4.90 Å². The smallest absolute Gasteiger partial charge is 0.149 e. The molecule has 0 bridgehead atoms. The summed E-state index contributed by atoms with van der Waals surface area (Å²) in [4.78, 5) is 10.6. The van der Waals surface area contributed by atoms with Gasteiger partial charge in [-0.05, 0) is 12.8 Å². The van der Waals surface area contributed by atoms with Gasteiger partial charge in [0, 0.05) is 19.7 Å². The number of rotatable bonds is 7. The number of nitrogens with zero attached hydrogens (tertiary/aromatic N) is 3. The molecule has 5 heteroatoms. The number of hydrogen-bond acceptors (Lipinski definition) is 4. The maximum atomic E-state index is 5.88. The van der Waals surface area contributed by atoms with Crippen LogP contribution in [-0.4, -0.2) is 36.3 Å². The standard InChI is InChI=1S/C12H20ClN3O/c1-4-10(5-2)16(6-7-17-3)12-9-14-8-11(13)15-12/h8-10H,4-7H2,1-3H3. The van der Waals surface area contributed by atoms with Gasteiger partial charge in [0.15, 0.2) is 0 Å². The van der Waals surface area contributed by atoms with E-state index in [2.05, 4.69) is 28.7 Å². The molecule has 1 rings (SSSR count). The summed E-state index contributed by atoms with van der Waals surface area (Å²) in [5, 5.41) is 0.427. The Bertz CT molecular complexity index is 331. The number of aromatic nitrogens is 2. The lowest BCUT2D eigenvalue weighted by molar-refractivity contribution is 0.202. The Balaban J connectivity index is 2.88. The van der Waals surface area contributed by atoms with Crippen LogP contribution in [0.15, 0.2) is 12.4 Å². The van der Waals surface area contributed by atoms with Crippen molar-refractivity contribution >= 4 is 17.4 Å². The highest BCUT2D eigenvalue weighted by molar-refractivity contribution is 6.29. The first-order valence-corrected chi connectivity index (χ1v) is 6.33. The SMILES string of the molecule is CCC(CC)N(CCOC)c1cncc(Cl)n1. The van der Waals surface area contributed by atoms with Gasteiger partial charge in [-0.3, -0.25) is 4.98 Å². The first-order chi connectivity index (χ1) is 8.22. The molecule has 17 heavy (non-hydrogen) atoms. The molecule has 0 fully saturated rings. The van der Waals surface area contributed by atoms with Crippen LogP contribution >= 0.6 is 11.6 Å². The maximum absolute atomic E-state index is 5.88. The molecule has 0 aromatic carbocycles. The Morgan fingerprint density at radius 3 is 2.59 bits per heavy atom. The fourth-order valence-electron chi connectivity index (χ4n) is 1.87. The normalized spacial score (nSPS) is 10.9. The zero-order chi connectivity index (χ0) is 12.7. The van der Waals surface area contributed by atoms with E-state index in [9.17, 15) is 0 Å². The first kappa shape index (κ1) is 14.2. The van der Waals surface area contributed by atoms with Crippen LogP contribution in [-0.2, 0) is 4.74 Å². The van der Waals surface area contributed by atoms with Crippen molar-refractivity contribution in [1.82, 2.24) is 9.97 Å². The summed E-state index contributed by atoms with van der Waals surface area (Å²) < 4.78 is 5.14. The van der Waals surface area contributed by atoms with E-state index < -0.39 is 0 Å². The highest BCUT2D eigenvalue weighted by Gasteiger charge is 2.17. The van der Waals surface area contributed by atoms with E-state index in [1.54, 1.807) is 19.5 Å². The zero-order valence-electron chi connectivity index (χ0n) is 10.7. The third-order valence-corrected chi connectivity index (χ3v) is 2.99. The molecular formula is C12H20ClN3O. The van der Waals surface area contributed by atoms with Crippen LogP contribution in [0, 0.1) is 0 Å². The van der Waals surface area contributed by atoms with Gasteiger partial charge >= 0.3 is 0 Å². The van der Waals surface area contributed by atoms with E-state index in [-0.39, 0.29) is 0 Å². The van der Waals surface area contributed by atoms with Gasteiger partial charge in [0.1, 0.15) is 11.0 Å². The molecule has 0 radical (unpaired) electrons. The monoisotopic (exact) mass is 257 g/mol. The summed E-state index contributed by atoms with van der Waals surface area (Å²) in [5.41, 5.74) is 0. The minimum absolute atomic E-state index is 0.427. The molecule has 0 N–H and O–H groups in total. The lowest BCUT2D eigenvalue weighted by Gasteiger charge is -2.31. The van der Waals surface area contributed by atoms with Crippen molar-refractivity contribution in [2.45, 2.75) is 32.7 Å². The van der Waals surface area contributed by atoms with Crippen molar-refractivity contribution in [3.8, 4) is 0 Å². The van der Waals surface area contributed by atoms with Crippen molar-refractivity contribution in [3.05, 3.63) is 17.5 Å². The molecule has 1 aromatic rings. The molecule has 96 valence electrons. The lowest BCUT2D eigenvalue weighted by Crippen LogP contribution is -2.37. The van der Waals surface area contributed by atoms with Crippen LogP contribution in [0.4, 0.5) is 5.82 Å². The van der Waals surface area contributed by atoms with Crippen LogP contribution in [0.2, 0.25) is 5.15 Å². The third kappa shape index (κ3) is 4.13. The van der Waals surface area contributed by atoms with E-state index in [4.69, 9.17) is 16.3 Å². The minimum Gasteiger partial charge on any atom is -0.383 e. The molecule has 0 saturated carbocycles. The highest BCUT2D eigenvalue weighted by Crippen LogP contribution is 2.18. The minimum atomic E-state index is 0.427. The van der Waals surface area contributed by atoms with E-state index in [0.717, 1.165) is 25.2 Å². The molecule has 0 amide bonds. The van der Waals surface area contributed by atoms with Crippen molar-refractivity contribution < 1.29 is 4.74 Å². The molecule has 1 aromatic heterocycles. The number of ether oxygens (including phenoxy) is 1. The summed E-state index contributed by atoms with van der Waals surface area (Å²) in [7, 11) is 1.70. The van der Waals surface area contributed by atoms with Gasteiger partial charge in [-0.15, -0.1) is 0 Å². The average molecular weight is 258 g/mol. The van der Waals surface area contributed by atoms with Crippen molar-refractivity contribution in [1.29, 1.82) is 0 Å². The van der Waals surface area contributed by atoms with Crippen LogP contribution in [0.1, 0.15) is 26.7 Å². The lowest BCUT2D eigenvalue weighted by atomic mass is 10.1. The molecule has 4 nitrogen and oxygen atoms in total. The maximum Gasteiger partial charge on any atom is 0.149 e. The summed E-state index contributed by atoms with van der Waals surface area (Å²) >= 11 is 5.88. The highest BCUT2D eigenvalue weighted by atomic mass is 35.5. The Morgan fingerprint density at radius 1 is 1.35 bits per heavy atom. The molecule has 0 aliphatic carbocycles. The topological polar surface area (TPSA) is 38.2 Å². The van der Waals surface area contributed by atoms with Gasteiger partial charge in [0.25, 0.3) is 0 Å². The Labute approximate surface area is 108 Å². The second-order valence-electron chi connectivity index (χ2n) is 3.86. The first-order valence-electron chi connectivity index (χ1n) is 5.96. The van der Waals surface area contributed by atoms with Gasteiger partial charge in [-0.25, -0.2) is 4.98 Å². The molecule has 0 unspecified atom stereocenters. The Morgan fingerprint density at radius 2 is 2.06 bits per heavy atom. The molecule has 0 aliphatic heterocycles. The van der Waals surface area contributed by atoms with E-state index >= 15 is 0 Å². The van der Waals surface area contributed by atoms with E-state index in [1.807, 2.05) is 0 Å². The summed E-state index contributed by atoms with van der Waals surface area (Å²) in [6.07, 6.45) is 5.43. The van der Waals surface area contributed by atoms with Gasteiger partial charge in [-0.2, -0.15) is 0 Å². The second-order valence-corrected chi connectivity index (χ2v) is 4.24. The van der Waals surface area contributed by atoms with Gasteiger partial charge in [-0.1, -0.05) is 25.4 Å². The van der Waals surface area contributed by atoms with Crippen LogP contribution in [0.5, 0.6) is 0 Å². The number of methoxy groups -OCH3 is 1. The van der Waals surface area contributed by atoms with Crippen LogP contribution in [0.3, 0.4) is 0 Å². The van der Waals surface area contributed by atoms with Crippen molar-refractivity contribution in [3.63, 3.8) is 0 Å². The largest absolute Gasteiger partial charge is 0.383 e. The van der Waals surface area contributed by atoms with Gasteiger partial charge in [0.05, 0.1) is 19.0 Å². The zero-order valence-corrected chi connectivity index (χ0v) is 11.4. The average Bonchev–Trinajstić information content (AvgIpc) is 2.34. The van der Waals surface area contributed by atoms with Crippen molar-refractivity contribution in [2.75, 3.05) is 25.2 Å². The summed E-state index contributed by atoms with van der Waals surface area (Å²) in [6, 6.07) is 0.443. The fourth-order valence-corrected chi connectivity index (χ4v) is 2.02.